The fraction of sp³-hybridized carbons (Fsp3) is 0.414. The Kier molecular flexibility index (Phi) is 6.33. The number of methoxy groups -OCH3 is 1. The maximum absolute atomic E-state index is 5.43. The first-order valence-electron chi connectivity index (χ1n) is 12.7. The topological polar surface area (TPSA) is 68.1 Å². The predicted octanol–water partition coefficient (Wildman–Crippen LogP) is 6.11. The van der Waals surface area contributed by atoms with Gasteiger partial charge in [0.2, 0.25) is 5.95 Å². The highest BCUT2D eigenvalue weighted by Gasteiger charge is 2.25. The zero-order chi connectivity index (χ0) is 25.4. The summed E-state index contributed by atoms with van der Waals surface area (Å²) in [6.45, 7) is 10.6. The molecule has 36 heavy (non-hydrogen) atoms. The summed E-state index contributed by atoms with van der Waals surface area (Å²) >= 11 is 0. The second-order valence-electron chi connectivity index (χ2n) is 10.8. The Morgan fingerprint density at radius 1 is 1.03 bits per heavy atom. The summed E-state index contributed by atoms with van der Waals surface area (Å²) in [5.74, 6) is 2.95. The number of nitrogens with one attached hydrogen (secondary N) is 1. The van der Waals surface area contributed by atoms with Gasteiger partial charge in [0.25, 0.3) is 0 Å². The van der Waals surface area contributed by atoms with Gasteiger partial charge < -0.3 is 19.5 Å². The van der Waals surface area contributed by atoms with Gasteiger partial charge in [-0.25, -0.2) is 4.98 Å². The van der Waals surface area contributed by atoms with Crippen LogP contribution in [0.5, 0.6) is 5.75 Å². The van der Waals surface area contributed by atoms with Crippen molar-refractivity contribution in [2.24, 2.45) is 7.05 Å². The van der Waals surface area contributed by atoms with E-state index in [0.29, 0.717) is 11.6 Å². The van der Waals surface area contributed by atoms with E-state index in [1.54, 1.807) is 7.11 Å². The number of imidazole rings is 1. The van der Waals surface area contributed by atoms with Crippen LogP contribution < -0.4 is 15.0 Å². The molecule has 0 aliphatic carbocycles. The van der Waals surface area contributed by atoms with Gasteiger partial charge in [0.1, 0.15) is 11.3 Å². The van der Waals surface area contributed by atoms with E-state index in [2.05, 4.69) is 79.3 Å². The molecule has 2 aromatic carbocycles. The van der Waals surface area contributed by atoms with Crippen LogP contribution in [-0.2, 0) is 12.5 Å². The van der Waals surface area contributed by atoms with Crippen molar-refractivity contribution in [3.05, 3.63) is 65.5 Å². The van der Waals surface area contributed by atoms with E-state index in [4.69, 9.17) is 14.7 Å². The molecule has 5 rings (SSSR count). The van der Waals surface area contributed by atoms with Crippen molar-refractivity contribution in [2.45, 2.75) is 51.9 Å². The largest absolute Gasteiger partial charge is 0.497 e. The number of ether oxygens (including phenoxy) is 1. The van der Waals surface area contributed by atoms with Gasteiger partial charge in [0.15, 0.2) is 11.5 Å². The average Bonchev–Trinajstić information content (AvgIpc) is 3.25. The lowest BCUT2D eigenvalue weighted by Crippen LogP contribution is -2.34. The highest BCUT2D eigenvalue weighted by atomic mass is 16.5. The lowest BCUT2D eigenvalue weighted by molar-refractivity contribution is 0.412. The number of benzene rings is 2. The number of rotatable bonds is 5. The Labute approximate surface area is 213 Å². The van der Waals surface area contributed by atoms with Crippen molar-refractivity contribution in [2.75, 3.05) is 30.4 Å². The summed E-state index contributed by atoms with van der Waals surface area (Å²) < 4.78 is 7.41. The standard InChI is InChI=1S/C29H36N6O/c1-19-10-11-22(29(2,3)4)17-24(19)31-27-25-26(30-18-34(25)5)32-28(33-27)35-14-12-20(13-15-35)21-8-7-9-23(16-21)36-6/h7-11,16-18,20H,12-15H2,1-6H3,(H,31,32,33). The minimum Gasteiger partial charge on any atom is -0.497 e. The number of hydrogen-bond acceptors (Lipinski definition) is 6. The van der Waals surface area contributed by atoms with E-state index in [9.17, 15) is 0 Å². The minimum atomic E-state index is 0.0654. The highest BCUT2D eigenvalue weighted by Crippen LogP contribution is 2.34. The van der Waals surface area contributed by atoms with E-state index in [1.165, 1.54) is 16.7 Å². The van der Waals surface area contributed by atoms with Gasteiger partial charge in [-0.3, -0.25) is 0 Å². The van der Waals surface area contributed by atoms with Crippen molar-refractivity contribution in [1.82, 2.24) is 19.5 Å². The molecule has 0 saturated carbocycles. The molecule has 2 aromatic heterocycles. The highest BCUT2D eigenvalue weighted by molar-refractivity contribution is 5.87. The van der Waals surface area contributed by atoms with E-state index in [0.717, 1.165) is 54.7 Å². The Hall–Kier alpha value is -3.61. The molecule has 1 N–H and O–H groups in total. The van der Waals surface area contributed by atoms with Crippen LogP contribution in [0.3, 0.4) is 0 Å². The molecule has 0 amide bonds. The minimum absolute atomic E-state index is 0.0654. The summed E-state index contributed by atoms with van der Waals surface area (Å²) in [6.07, 6.45) is 3.90. The fourth-order valence-corrected chi connectivity index (χ4v) is 4.93. The molecule has 0 bridgehead atoms. The number of piperidine rings is 1. The number of nitrogens with zero attached hydrogens (tertiary/aromatic N) is 5. The zero-order valence-electron chi connectivity index (χ0n) is 22.2. The predicted molar refractivity (Wildman–Crippen MR) is 147 cm³/mol. The van der Waals surface area contributed by atoms with Crippen LogP contribution in [0, 0.1) is 6.92 Å². The van der Waals surface area contributed by atoms with Crippen LogP contribution >= 0.6 is 0 Å². The molecular weight excluding hydrogens is 448 g/mol. The van der Waals surface area contributed by atoms with E-state index >= 15 is 0 Å². The maximum atomic E-state index is 5.43. The smallest absolute Gasteiger partial charge is 0.229 e. The molecule has 0 radical (unpaired) electrons. The van der Waals surface area contributed by atoms with Gasteiger partial charge in [0.05, 0.1) is 13.4 Å². The van der Waals surface area contributed by atoms with E-state index in [-0.39, 0.29) is 5.41 Å². The van der Waals surface area contributed by atoms with Gasteiger partial charge in [0, 0.05) is 25.8 Å². The molecule has 7 heteroatoms. The number of fused-ring (bicyclic) bond motifs is 1. The van der Waals surface area contributed by atoms with Gasteiger partial charge in [-0.05, 0) is 66.0 Å². The Balaban J connectivity index is 1.43. The molecular formula is C29H36N6O. The summed E-state index contributed by atoms with van der Waals surface area (Å²) in [4.78, 5) is 16.7. The molecule has 1 aliphatic rings. The lowest BCUT2D eigenvalue weighted by Gasteiger charge is -2.32. The summed E-state index contributed by atoms with van der Waals surface area (Å²) in [7, 11) is 3.71. The maximum Gasteiger partial charge on any atom is 0.229 e. The van der Waals surface area contributed by atoms with E-state index < -0.39 is 0 Å². The van der Waals surface area contributed by atoms with Gasteiger partial charge in [-0.1, -0.05) is 45.0 Å². The van der Waals surface area contributed by atoms with Crippen LogP contribution in [0.25, 0.3) is 11.2 Å². The van der Waals surface area contributed by atoms with Crippen LogP contribution in [0.1, 0.15) is 56.2 Å². The fourth-order valence-electron chi connectivity index (χ4n) is 4.93. The van der Waals surface area contributed by atoms with Crippen molar-refractivity contribution >= 4 is 28.6 Å². The van der Waals surface area contributed by atoms with Crippen LogP contribution in [-0.4, -0.2) is 39.7 Å². The number of aryl methyl sites for hydroxylation is 2. The Morgan fingerprint density at radius 3 is 2.53 bits per heavy atom. The first-order chi connectivity index (χ1) is 17.2. The quantitative estimate of drug-likeness (QED) is 0.369. The molecule has 188 valence electrons. The molecule has 1 saturated heterocycles. The molecule has 0 spiro atoms. The number of aromatic nitrogens is 4. The zero-order valence-corrected chi connectivity index (χ0v) is 22.2. The van der Waals surface area contributed by atoms with Crippen LogP contribution in [0.2, 0.25) is 0 Å². The van der Waals surface area contributed by atoms with Crippen molar-refractivity contribution in [3.63, 3.8) is 0 Å². The van der Waals surface area contributed by atoms with Gasteiger partial charge in [-0.2, -0.15) is 9.97 Å². The molecule has 0 atom stereocenters. The van der Waals surface area contributed by atoms with Gasteiger partial charge in [-0.15, -0.1) is 0 Å². The molecule has 1 fully saturated rings. The molecule has 3 heterocycles. The number of hydrogen-bond donors (Lipinski definition) is 1. The molecule has 0 unspecified atom stereocenters. The third-order valence-corrected chi connectivity index (χ3v) is 7.26. The summed E-state index contributed by atoms with van der Waals surface area (Å²) in [5.41, 5.74) is 6.55. The Bertz CT molecular complexity index is 1380. The third kappa shape index (κ3) is 4.74. The van der Waals surface area contributed by atoms with Crippen LogP contribution in [0.15, 0.2) is 48.8 Å². The Morgan fingerprint density at radius 2 is 1.81 bits per heavy atom. The van der Waals surface area contributed by atoms with Crippen molar-refractivity contribution < 1.29 is 4.74 Å². The summed E-state index contributed by atoms with van der Waals surface area (Å²) in [6, 6.07) is 15.1. The van der Waals surface area contributed by atoms with Gasteiger partial charge >= 0.3 is 0 Å². The van der Waals surface area contributed by atoms with Crippen LogP contribution in [0.4, 0.5) is 17.5 Å². The number of anilines is 3. The normalized spacial score (nSPS) is 14.9. The third-order valence-electron chi connectivity index (χ3n) is 7.26. The second kappa shape index (κ2) is 9.45. The van der Waals surface area contributed by atoms with Crippen molar-refractivity contribution in [3.8, 4) is 5.75 Å². The second-order valence-corrected chi connectivity index (χ2v) is 10.8. The van der Waals surface area contributed by atoms with E-state index in [1.807, 2.05) is 24.0 Å². The monoisotopic (exact) mass is 484 g/mol. The summed E-state index contributed by atoms with van der Waals surface area (Å²) in [5, 5.41) is 3.63. The average molecular weight is 485 g/mol. The lowest BCUT2D eigenvalue weighted by atomic mass is 9.86. The molecule has 1 aliphatic heterocycles. The first kappa shape index (κ1) is 24.1. The molecule has 4 aromatic rings. The van der Waals surface area contributed by atoms with Crippen molar-refractivity contribution in [1.29, 1.82) is 0 Å². The first-order valence-corrected chi connectivity index (χ1v) is 12.7. The molecule has 7 nitrogen and oxygen atoms in total. The SMILES string of the molecule is COc1cccc(C2CCN(c3nc(Nc4cc(C(C)(C)C)ccc4C)c4c(ncn4C)n3)CC2)c1.